The highest BCUT2D eigenvalue weighted by atomic mass is 32.2. The minimum absolute atomic E-state index is 0.0125. The van der Waals surface area contributed by atoms with Crippen LogP contribution in [0.15, 0.2) is 47.4 Å². The van der Waals surface area contributed by atoms with Gasteiger partial charge in [0.25, 0.3) is 0 Å². The van der Waals surface area contributed by atoms with E-state index in [9.17, 15) is 17.9 Å². The molecular weight excluding hydrogens is 331 g/mol. The maximum atomic E-state index is 13.5. The molecule has 0 bridgehead atoms. The van der Waals surface area contributed by atoms with Crippen LogP contribution >= 0.6 is 0 Å². The quantitative estimate of drug-likeness (QED) is 0.923. The second kappa shape index (κ2) is 6.41. The minimum atomic E-state index is -3.73. The van der Waals surface area contributed by atoms with Gasteiger partial charge in [0.05, 0.1) is 10.6 Å². The van der Waals surface area contributed by atoms with E-state index < -0.39 is 15.8 Å². The molecule has 0 unspecified atom stereocenters. The van der Waals surface area contributed by atoms with Crippen molar-refractivity contribution in [2.75, 3.05) is 31.1 Å². The Morgan fingerprint density at radius 1 is 1.04 bits per heavy atom. The summed E-state index contributed by atoms with van der Waals surface area (Å²) in [5, 5.41) is 9.92. The number of aromatic hydroxyl groups is 1. The molecule has 0 radical (unpaired) electrons. The van der Waals surface area contributed by atoms with E-state index in [1.807, 2.05) is 11.0 Å². The van der Waals surface area contributed by atoms with Gasteiger partial charge in [-0.05, 0) is 36.8 Å². The zero-order valence-corrected chi connectivity index (χ0v) is 14.1. The zero-order chi connectivity index (χ0) is 17.3. The molecule has 1 saturated heterocycles. The van der Waals surface area contributed by atoms with Crippen molar-refractivity contribution in [1.29, 1.82) is 0 Å². The van der Waals surface area contributed by atoms with E-state index in [4.69, 9.17) is 0 Å². The Hall–Kier alpha value is -2.12. The highest BCUT2D eigenvalue weighted by Crippen LogP contribution is 2.29. The van der Waals surface area contributed by atoms with Crippen LogP contribution < -0.4 is 4.90 Å². The number of rotatable bonds is 3. The smallest absolute Gasteiger partial charge is 0.243 e. The number of halogens is 1. The number of anilines is 1. The molecule has 1 N–H and O–H groups in total. The van der Waals surface area contributed by atoms with Crippen LogP contribution in [0.25, 0.3) is 0 Å². The van der Waals surface area contributed by atoms with Crippen molar-refractivity contribution in [3.63, 3.8) is 0 Å². The first-order valence-electron chi connectivity index (χ1n) is 7.69. The fraction of sp³-hybridized carbons (Fsp3) is 0.294. The lowest BCUT2D eigenvalue weighted by Gasteiger charge is -2.35. The van der Waals surface area contributed by atoms with Crippen LogP contribution in [0, 0.1) is 12.7 Å². The molecule has 1 aliphatic heterocycles. The predicted octanol–water partition coefficient (Wildman–Crippen LogP) is 2.35. The topological polar surface area (TPSA) is 60.9 Å². The summed E-state index contributed by atoms with van der Waals surface area (Å²) in [6.45, 7) is 3.15. The van der Waals surface area contributed by atoms with Crippen molar-refractivity contribution < 1.29 is 17.9 Å². The zero-order valence-electron chi connectivity index (χ0n) is 13.3. The number of aryl methyl sites for hydroxylation is 1. The van der Waals surface area contributed by atoms with Crippen LogP contribution in [-0.4, -0.2) is 44.0 Å². The van der Waals surface area contributed by atoms with E-state index in [1.165, 1.54) is 16.4 Å². The third-order valence-electron chi connectivity index (χ3n) is 4.23. The minimum Gasteiger partial charge on any atom is -0.506 e. The average Bonchev–Trinajstić information content (AvgIpc) is 2.57. The summed E-state index contributed by atoms with van der Waals surface area (Å²) >= 11 is 0. The Bertz CT molecular complexity index is 847. The lowest BCUT2D eigenvalue weighted by atomic mass is 10.2. The van der Waals surface area contributed by atoms with E-state index in [0.717, 1.165) is 6.07 Å². The Labute approximate surface area is 141 Å². The first-order chi connectivity index (χ1) is 11.4. The van der Waals surface area contributed by atoms with E-state index in [-0.39, 0.29) is 23.7 Å². The Morgan fingerprint density at radius 2 is 1.71 bits per heavy atom. The molecule has 0 saturated carbocycles. The van der Waals surface area contributed by atoms with Gasteiger partial charge >= 0.3 is 0 Å². The van der Waals surface area contributed by atoms with Crippen molar-refractivity contribution in [1.82, 2.24) is 4.31 Å². The van der Waals surface area contributed by atoms with E-state index in [0.29, 0.717) is 24.3 Å². The number of piperazine rings is 1. The van der Waals surface area contributed by atoms with Crippen molar-refractivity contribution in [3.8, 4) is 5.75 Å². The van der Waals surface area contributed by atoms with E-state index >= 15 is 0 Å². The number of phenolic OH excluding ortho intramolecular Hbond substituents is 1. The third kappa shape index (κ3) is 3.09. The van der Waals surface area contributed by atoms with Crippen LogP contribution in [0.3, 0.4) is 0 Å². The van der Waals surface area contributed by atoms with Gasteiger partial charge in [0.2, 0.25) is 10.0 Å². The maximum absolute atomic E-state index is 13.5. The molecule has 1 aliphatic rings. The molecule has 0 aromatic heterocycles. The van der Waals surface area contributed by atoms with Gasteiger partial charge in [-0.25, -0.2) is 12.8 Å². The number of sulfonamides is 1. The standard InChI is InChI=1S/C17H19FN2O3S/c1-13-6-7-14(18)12-17(13)24(22,23)20-10-8-19(9-11-20)15-4-2-3-5-16(15)21/h2-7,12,21H,8-11H2,1H3. The third-order valence-corrected chi connectivity index (χ3v) is 6.27. The predicted molar refractivity (Wildman–Crippen MR) is 90.2 cm³/mol. The van der Waals surface area contributed by atoms with Gasteiger partial charge in [0, 0.05) is 26.2 Å². The van der Waals surface area contributed by atoms with Crippen LogP contribution in [0.2, 0.25) is 0 Å². The van der Waals surface area contributed by atoms with Crippen molar-refractivity contribution in [3.05, 3.63) is 53.8 Å². The molecule has 1 fully saturated rings. The number of benzene rings is 2. The summed E-state index contributed by atoms with van der Waals surface area (Å²) in [4.78, 5) is 1.96. The highest BCUT2D eigenvalue weighted by molar-refractivity contribution is 7.89. The average molecular weight is 350 g/mol. The summed E-state index contributed by atoms with van der Waals surface area (Å²) in [6.07, 6.45) is 0. The van der Waals surface area contributed by atoms with Crippen LogP contribution in [0.4, 0.5) is 10.1 Å². The Balaban J connectivity index is 1.79. The molecule has 24 heavy (non-hydrogen) atoms. The summed E-state index contributed by atoms with van der Waals surface area (Å²) in [5.41, 5.74) is 1.22. The SMILES string of the molecule is Cc1ccc(F)cc1S(=O)(=O)N1CCN(c2ccccc2O)CC1. The van der Waals surface area contributed by atoms with Gasteiger partial charge in [0.1, 0.15) is 11.6 Å². The fourth-order valence-electron chi connectivity index (χ4n) is 2.89. The molecule has 2 aromatic rings. The monoisotopic (exact) mass is 350 g/mol. The van der Waals surface area contributed by atoms with Gasteiger partial charge in [-0.3, -0.25) is 0 Å². The molecule has 0 aliphatic carbocycles. The molecule has 0 spiro atoms. The largest absolute Gasteiger partial charge is 0.506 e. The van der Waals surface area contributed by atoms with Crippen LogP contribution in [0.1, 0.15) is 5.56 Å². The Morgan fingerprint density at radius 3 is 2.38 bits per heavy atom. The van der Waals surface area contributed by atoms with Gasteiger partial charge in [0.15, 0.2) is 0 Å². The fourth-order valence-corrected chi connectivity index (χ4v) is 4.55. The molecule has 128 valence electrons. The number of hydrogen-bond donors (Lipinski definition) is 1. The first-order valence-corrected chi connectivity index (χ1v) is 9.13. The molecule has 7 heteroatoms. The van der Waals surface area contributed by atoms with Crippen molar-refractivity contribution in [2.45, 2.75) is 11.8 Å². The molecule has 2 aromatic carbocycles. The number of para-hydroxylation sites is 2. The molecule has 1 heterocycles. The molecule has 0 amide bonds. The molecule has 5 nitrogen and oxygen atoms in total. The lowest BCUT2D eigenvalue weighted by molar-refractivity contribution is 0.381. The van der Waals surface area contributed by atoms with E-state index in [2.05, 4.69) is 0 Å². The van der Waals surface area contributed by atoms with Crippen molar-refractivity contribution in [2.24, 2.45) is 0 Å². The summed E-state index contributed by atoms with van der Waals surface area (Å²) in [6, 6.07) is 10.8. The van der Waals surface area contributed by atoms with E-state index in [1.54, 1.807) is 25.1 Å². The first kappa shape index (κ1) is 16.7. The van der Waals surface area contributed by atoms with Gasteiger partial charge in [-0.2, -0.15) is 4.31 Å². The number of hydrogen-bond acceptors (Lipinski definition) is 4. The maximum Gasteiger partial charge on any atom is 0.243 e. The Kier molecular flexibility index (Phi) is 4.47. The summed E-state index contributed by atoms with van der Waals surface area (Å²) < 4.78 is 40.3. The molecule has 3 rings (SSSR count). The van der Waals surface area contributed by atoms with Gasteiger partial charge < -0.3 is 10.0 Å². The summed E-state index contributed by atoms with van der Waals surface area (Å²) in [5.74, 6) is -0.387. The highest BCUT2D eigenvalue weighted by Gasteiger charge is 2.30. The molecule has 0 atom stereocenters. The number of phenols is 1. The van der Waals surface area contributed by atoms with Crippen molar-refractivity contribution >= 4 is 15.7 Å². The van der Waals surface area contributed by atoms with Crippen LogP contribution in [0.5, 0.6) is 5.75 Å². The lowest BCUT2D eigenvalue weighted by Crippen LogP contribution is -2.48. The van der Waals surface area contributed by atoms with Gasteiger partial charge in [-0.1, -0.05) is 18.2 Å². The second-order valence-corrected chi connectivity index (χ2v) is 7.70. The number of nitrogens with zero attached hydrogens (tertiary/aromatic N) is 2. The normalized spacial score (nSPS) is 16.3. The molecular formula is C17H19FN2O3S. The summed E-state index contributed by atoms with van der Waals surface area (Å²) in [7, 11) is -3.73. The van der Waals surface area contributed by atoms with Gasteiger partial charge in [-0.15, -0.1) is 0 Å². The van der Waals surface area contributed by atoms with Crippen LogP contribution in [-0.2, 0) is 10.0 Å². The second-order valence-electron chi connectivity index (χ2n) is 5.79.